The summed E-state index contributed by atoms with van der Waals surface area (Å²) in [5, 5.41) is 11.1. The first-order chi connectivity index (χ1) is 7.56. The van der Waals surface area contributed by atoms with Gasteiger partial charge in [0.1, 0.15) is 12.6 Å². The SMILES string of the molecule is COC(=O)NCC(=O)N1CCCC1C(=O)O. The van der Waals surface area contributed by atoms with Gasteiger partial charge in [0.05, 0.1) is 7.11 Å². The predicted octanol–water partition coefficient (Wildman–Crippen LogP) is -0.582. The van der Waals surface area contributed by atoms with Crippen LogP contribution in [0.15, 0.2) is 0 Å². The van der Waals surface area contributed by atoms with Gasteiger partial charge in [-0.25, -0.2) is 9.59 Å². The molecule has 1 aliphatic heterocycles. The monoisotopic (exact) mass is 230 g/mol. The third-order valence-electron chi connectivity index (χ3n) is 2.43. The molecule has 0 aromatic heterocycles. The first-order valence-electron chi connectivity index (χ1n) is 4.90. The average Bonchev–Trinajstić information content (AvgIpc) is 2.74. The number of ether oxygens (including phenoxy) is 1. The maximum Gasteiger partial charge on any atom is 0.407 e. The molecule has 1 rings (SSSR count). The van der Waals surface area contributed by atoms with Crippen LogP contribution >= 0.6 is 0 Å². The van der Waals surface area contributed by atoms with Crippen LogP contribution in [0, 0.1) is 0 Å². The van der Waals surface area contributed by atoms with E-state index < -0.39 is 24.0 Å². The van der Waals surface area contributed by atoms with Gasteiger partial charge in [-0.3, -0.25) is 4.79 Å². The molecule has 1 unspecified atom stereocenters. The van der Waals surface area contributed by atoms with Gasteiger partial charge in [0.15, 0.2) is 0 Å². The summed E-state index contributed by atoms with van der Waals surface area (Å²) < 4.78 is 4.30. The van der Waals surface area contributed by atoms with Gasteiger partial charge >= 0.3 is 12.1 Å². The summed E-state index contributed by atoms with van der Waals surface area (Å²) in [7, 11) is 1.19. The molecule has 1 atom stereocenters. The number of carbonyl (C=O) groups excluding carboxylic acids is 2. The van der Waals surface area contributed by atoms with Crippen LogP contribution < -0.4 is 5.32 Å². The summed E-state index contributed by atoms with van der Waals surface area (Å²) in [5.41, 5.74) is 0. The van der Waals surface area contributed by atoms with Crippen molar-refractivity contribution < 1.29 is 24.2 Å². The number of hydrogen-bond donors (Lipinski definition) is 2. The van der Waals surface area contributed by atoms with Crippen molar-refractivity contribution >= 4 is 18.0 Å². The highest BCUT2D eigenvalue weighted by Crippen LogP contribution is 2.17. The number of carboxylic acid groups (broad SMARTS) is 1. The molecule has 0 saturated carbocycles. The molecule has 2 amide bonds. The molecule has 0 aliphatic carbocycles. The highest BCUT2D eigenvalue weighted by atomic mass is 16.5. The largest absolute Gasteiger partial charge is 0.480 e. The van der Waals surface area contributed by atoms with Crippen molar-refractivity contribution in [3.63, 3.8) is 0 Å². The van der Waals surface area contributed by atoms with Gasteiger partial charge in [-0.1, -0.05) is 0 Å². The van der Waals surface area contributed by atoms with E-state index in [9.17, 15) is 14.4 Å². The number of amides is 2. The lowest BCUT2D eigenvalue weighted by Gasteiger charge is -2.21. The van der Waals surface area contributed by atoms with Gasteiger partial charge in [-0.15, -0.1) is 0 Å². The van der Waals surface area contributed by atoms with E-state index in [1.165, 1.54) is 12.0 Å². The van der Waals surface area contributed by atoms with Crippen LogP contribution in [0.2, 0.25) is 0 Å². The number of nitrogens with zero attached hydrogens (tertiary/aromatic N) is 1. The normalized spacial score (nSPS) is 19.3. The molecule has 0 radical (unpaired) electrons. The molecule has 0 aromatic carbocycles. The van der Waals surface area contributed by atoms with E-state index in [0.717, 1.165) is 0 Å². The Morgan fingerprint density at radius 3 is 2.75 bits per heavy atom. The van der Waals surface area contributed by atoms with E-state index in [0.29, 0.717) is 19.4 Å². The van der Waals surface area contributed by atoms with Crippen LogP contribution in [0.1, 0.15) is 12.8 Å². The Kier molecular flexibility index (Phi) is 4.10. The lowest BCUT2D eigenvalue weighted by Crippen LogP contribution is -2.45. The van der Waals surface area contributed by atoms with Gasteiger partial charge < -0.3 is 20.1 Å². The molecular weight excluding hydrogens is 216 g/mol. The van der Waals surface area contributed by atoms with Crippen molar-refractivity contribution in [1.82, 2.24) is 10.2 Å². The quantitative estimate of drug-likeness (QED) is 0.676. The summed E-state index contributed by atoms with van der Waals surface area (Å²) in [4.78, 5) is 34.4. The van der Waals surface area contributed by atoms with Crippen LogP contribution in [-0.2, 0) is 14.3 Å². The maximum absolute atomic E-state index is 11.6. The molecule has 7 nitrogen and oxygen atoms in total. The highest BCUT2D eigenvalue weighted by Gasteiger charge is 2.33. The van der Waals surface area contributed by atoms with Gasteiger partial charge in [0.2, 0.25) is 5.91 Å². The van der Waals surface area contributed by atoms with E-state index in [1.54, 1.807) is 0 Å². The summed E-state index contributed by atoms with van der Waals surface area (Å²) >= 11 is 0. The molecule has 2 N–H and O–H groups in total. The standard InChI is InChI=1S/C9H14N2O5/c1-16-9(15)10-5-7(12)11-4-2-3-6(11)8(13)14/h6H,2-5H2,1H3,(H,10,15)(H,13,14). The molecule has 1 saturated heterocycles. The molecule has 7 heteroatoms. The second-order valence-corrected chi connectivity index (χ2v) is 3.43. The Morgan fingerprint density at radius 1 is 1.50 bits per heavy atom. The fraction of sp³-hybridized carbons (Fsp3) is 0.667. The Balaban J connectivity index is 2.47. The fourth-order valence-electron chi connectivity index (χ4n) is 1.64. The van der Waals surface area contributed by atoms with E-state index in [4.69, 9.17) is 5.11 Å². The minimum atomic E-state index is -1.01. The number of carboxylic acids is 1. The second kappa shape index (κ2) is 5.34. The minimum Gasteiger partial charge on any atom is -0.480 e. The van der Waals surface area contributed by atoms with E-state index in [-0.39, 0.29) is 6.54 Å². The summed E-state index contributed by atoms with van der Waals surface area (Å²) in [6.45, 7) is 0.176. The average molecular weight is 230 g/mol. The Labute approximate surface area is 92.4 Å². The summed E-state index contributed by atoms with van der Waals surface area (Å²) in [6, 6.07) is -0.771. The van der Waals surface area contributed by atoms with Gasteiger partial charge in [-0.2, -0.15) is 0 Å². The number of likely N-dealkylation sites (tertiary alicyclic amines) is 1. The third-order valence-corrected chi connectivity index (χ3v) is 2.43. The van der Waals surface area contributed by atoms with Crippen LogP contribution in [0.5, 0.6) is 0 Å². The summed E-state index contributed by atoms with van der Waals surface area (Å²) in [6.07, 6.45) is 0.416. The zero-order valence-electron chi connectivity index (χ0n) is 8.93. The topological polar surface area (TPSA) is 95.9 Å². The van der Waals surface area contributed by atoms with Crippen LogP contribution in [-0.4, -0.2) is 54.2 Å². The zero-order valence-corrected chi connectivity index (χ0v) is 8.93. The Hall–Kier alpha value is -1.79. The molecule has 90 valence electrons. The van der Waals surface area contributed by atoms with Crippen molar-refractivity contribution in [3.8, 4) is 0 Å². The first-order valence-corrected chi connectivity index (χ1v) is 4.90. The molecule has 1 heterocycles. The molecule has 1 aliphatic rings. The number of alkyl carbamates (subject to hydrolysis) is 1. The molecule has 0 bridgehead atoms. The van der Waals surface area contributed by atoms with Crippen LogP contribution in [0.25, 0.3) is 0 Å². The molecule has 0 spiro atoms. The Morgan fingerprint density at radius 2 is 2.19 bits per heavy atom. The van der Waals surface area contributed by atoms with Crippen molar-refractivity contribution in [2.24, 2.45) is 0 Å². The smallest absolute Gasteiger partial charge is 0.407 e. The van der Waals surface area contributed by atoms with Crippen LogP contribution in [0.4, 0.5) is 4.79 Å². The van der Waals surface area contributed by atoms with Crippen molar-refractivity contribution in [2.45, 2.75) is 18.9 Å². The van der Waals surface area contributed by atoms with Gasteiger partial charge in [-0.05, 0) is 12.8 Å². The fourth-order valence-corrected chi connectivity index (χ4v) is 1.64. The van der Waals surface area contributed by atoms with E-state index >= 15 is 0 Å². The summed E-state index contributed by atoms with van der Waals surface area (Å²) in [5.74, 6) is -1.42. The lowest BCUT2D eigenvalue weighted by atomic mass is 10.2. The first kappa shape index (κ1) is 12.3. The number of hydrogen-bond acceptors (Lipinski definition) is 4. The zero-order chi connectivity index (χ0) is 12.1. The number of nitrogens with one attached hydrogen (secondary N) is 1. The Bertz CT molecular complexity index is 304. The number of rotatable bonds is 3. The van der Waals surface area contributed by atoms with Crippen LogP contribution in [0.3, 0.4) is 0 Å². The van der Waals surface area contributed by atoms with E-state index in [2.05, 4.69) is 10.1 Å². The number of aliphatic carboxylic acids is 1. The van der Waals surface area contributed by atoms with Crippen molar-refractivity contribution in [1.29, 1.82) is 0 Å². The highest BCUT2D eigenvalue weighted by molar-refractivity contribution is 5.87. The second-order valence-electron chi connectivity index (χ2n) is 3.43. The van der Waals surface area contributed by atoms with Gasteiger partial charge in [0, 0.05) is 6.54 Å². The van der Waals surface area contributed by atoms with Crippen molar-refractivity contribution in [2.75, 3.05) is 20.2 Å². The van der Waals surface area contributed by atoms with E-state index in [1.807, 2.05) is 0 Å². The molecular formula is C9H14N2O5. The number of methoxy groups -OCH3 is 1. The maximum atomic E-state index is 11.6. The molecule has 0 aromatic rings. The third kappa shape index (κ3) is 2.85. The lowest BCUT2D eigenvalue weighted by molar-refractivity contribution is -0.147. The molecule has 16 heavy (non-hydrogen) atoms. The van der Waals surface area contributed by atoms with Gasteiger partial charge in [0.25, 0.3) is 0 Å². The number of carbonyl (C=O) groups is 3. The predicted molar refractivity (Wildman–Crippen MR) is 52.8 cm³/mol. The van der Waals surface area contributed by atoms with Crippen molar-refractivity contribution in [3.05, 3.63) is 0 Å². The molecule has 1 fully saturated rings. The minimum absolute atomic E-state index is 0.240.